The van der Waals surface area contributed by atoms with Crippen molar-refractivity contribution in [2.24, 2.45) is 0 Å². The van der Waals surface area contributed by atoms with Crippen LogP contribution >= 0.6 is 45.8 Å². The molecule has 0 saturated heterocycles. The average molecular weight is 424 g/mol. The summed E-state index contributed by atoms with van der Waals surface area (Å²) in [5.41, 5.74) is 1.72. The van der Waals surface area contributed by atoms with E-state index < -0.39 is 5.82 Å². The average Bonchev–Trinajstić information content (AvgIpc) is 2.36. The third-order valence-corrected chi connectivity index (χ3v) is 4.71. The molecule has 0 aromatic heterocycles. The minimum atomic E-state index is -0.553. The van der Waals surface area contributed by atoms with Gasteiger partial charge in [-0.1, -0.05) is 35.3 Å². The number of amides is 1. The molecule has 0 heterocycles. The van der Waals surface area contributed by atoms with Crippen LogP contribution in [0, 0.1) is 16.3 Å². The molecule has 1 N–H and O–H groups in total. The largest absolute Gasteiger partial charge is 0.319 e. The van der Waals surface area contributed by atoms with Gasteiger partial charge in [0.1, 0.15) is 5.82 Å². The van der Waals surface area contributed by atoms with E-state index in [0.29, 0.717) is 5.56 Å². The van der Waals surface area contributed by atoms with E-state index in [-0.39, 0.29) is 21.6 Å². The summed E-state index contributed by atoms with van der Waals surface area (Å²) >= 11 is 13.9. The highest BCUT2D eigenvalue weighted by atomic mass is 127. The van der Waals surface area contributed by atoms with Crippen LogP contribution in [0.4, 0.5) is 10.1 Å². The highest BCUT2D eigenvalue weighted by Gasteiger charge is 2.15. The Kier molecular flexibility index (Phi) is 4.88. The lowest BCUT2D eigenvalue weighted by atomic mass is 10.1. The van der Waals surface area contributed by atoms with E-state index >= 15 is 0 Å². The van der Waals surface area contributed by atoms with Crippen LogP contribution in [0.15, 0.2) is 30.3 Å². The molecule has 0 spiro atoms. The van der Waals surface area contributed by atoms with Crippen LogP contribution in [-0.2, 0) is 0 Å². The molecule has 0 aliphatic heterocycles. The van der Waals surface area contributed by atoms with E-state index in [4.69, 9.17) is 23.2 Å². The zero-order valence-corrected chi connectivity index (χ0v) is 14.0. The molecule has 6 heteroatoms. The first kappa shape index (κ1) is 15.5. The van der Waals surface area contributed by atoms with Gasteiger partial charge in [0.2, 0.25) is 0 Å². The van der Waals surface area contributed by atoms with Crippen molar-refractivity contribution in [3.05, 3.63) is 60.9 Å². The molecule has 0 unspecified atom stereocenters. The normalized spacial score (nSPS) is 10.4. The van der Waals surface area contributed by atoms with Crippen LogP contribution in [0.1, 0.15) is 15.9 Å². The predicted octanol–water partition coefficient (Wildman–Crippen LogP) is 5.30. The molecule has 20 heavy (non-hydrogen) atoms. The molecule has 0 bridgehead atoms. The van der Waals surface area contributed by atoms with Gasteiger partial charge in [0.05, 0.1) is 21.3 Å². The molecule has 2 aromatic carbocycles. The molecule has 2 rings (SSSR count). The smallest absolute Gasteiger partial charge is 0.256 e. The van der Waals surface area contributed by atoms with Crippen molar-refractivity contribution in [1.82, 2.24) is 0 Å². The Morgan fingerprint density at radius 2 is 1.85 bits per heavy atom. The summed E-state index contributed by atoms with van der Waals surface area (Å²) in [6, 6.07) is 7.61. The molecule has 2 aromatic rings. The van der Waals surface area contributed by atoms with E-state index in [1.807, 2.05) is 13.0 Å². The fraction of sp³-hybridized carbons (Fsp3) is 0.0714. The van der Waals surface area contributed by atoms with Crippen LogP contribution < -0.4 is 5.32 Å². The predicted molar refractivity (Wildman–Crippen MR) is 88.3 cm³/mol. The zero-order chi connectivity index (χ0) is 14.9. The molecular weight excluding hydrogens is 415 g/mol. The van der Waals surface area contributed by atoms with Gasteiger partial charge in [-0.15, -0.1) is 0 Å². The summed E-state index contributed by atoms with van der Waals surface area (Å²) < 4.78 is 13.9. The van der Waals surface area contributed by atoms with Crippen molar-refractivity contribution >= 4 is 57.4 Å². The van der Waals surface area contributed by atoms with Crippen molar-refractivity contribution in [2.45, 2.75) is 6.92 Å². The fourth-order valence-electron chi connectivity index (χ4n) is 1.67. The summed E-state index contributed by atoms with van der Waals surface area (Å²) in [5, 5.41) is 2.74. The van der Waals surface area contributed by atoms with E-state index in [9.17, 15) is 9.18 Å². The number of carbonyl (C=O) groups is 1. The van der Waals surface area contributed by atoms with E-state index in [0.717, 1.165) is 21.3 Å². The second-order valence-electron chi connectivity index (χ2n) is 4.14. The van der Waals surface area contributed by atoms with Crippen molar-refractivity contribution in [3.63, 3.8) is 0 Å². The van der Waals surface area contributed by atoms with E-state index in [1.165, 1.54) is 0 Å². The third kappa shape index (κ3) is 3.24. The monoisotopic (exact) mass is 423 g/mol. The fourth-order valence-corrected chi connectivity index (χ4v) is 2.82. The maximum atomic E-state index is 13.1. The van der Waals surface area contributed by atoms with Gasteiger partial charge < -0.3 is 5.32 Å². The number of benzene rings is 2. The number of aryl methyl sites for hydroxylation is 1. The molecule has 0 radical (unpaired) electrons. The molecule has 0 saturated carbocycles. The molecule has 0 atom stereocenters. The van der Waals surface area contributed by atoms with Crippen LogP contribution in [0.25, 0.3) is 0 Å². The summed E-state index contributed by atoms with van der Waals surface area (Å²) in [7, 11) is 0. The van der Waals surface area contributed by atoms with Gasteiger partial charge in [-0.2, -0.15) is 0 Å². The number of hydrogen-bond acceptors (Lipinski definition) is 1. The van der Waals surface area contributed by atoms with Gasteiger partial charge in [-0.05, 0) is 53.3 Å². The first-order chi connectivity index (χ1) is 9.40. The number of hydrogen-bond donors (Lipinski definition) is 1. The summed E-state index contributed by atoms with van der Waals surface area (Å²) in [4.78, 5) is 12.2. The van der Waals surface area contributed by atoms with Gasteiger partial charge in [-0.25, -0.2) is 4.39 Å². The maximum absolute atomic E-state index is 13.1. The Hall–Kier alpha value is -0.850. The zero-order valence-electron chi connectivity index (χ0n) is 10.3. The summed E-state index contributed by atoms with van der Waals surface area (Å²) in [5.74, 6) is -0.892. The molecule has 0 aliphatic carbocycles. The second-order valence-corrected chi connectivity index (χ2v) is 6.03. The van der Waals surface area contributed by atoms with E-state index in [2.05, 4.69) is 27.9 Å². The Labute approximate surface area is 139 Å². The first-order valence-corrected chi connectivity index (χ1v) is 7.44. The van der Waals surface area contributed by atoms with Crippen LogP contribution in [0.5, 0.6) is 0 Å². The van der Waals surface area contributed by atoms with Crippen molar-refractivity contribution in [3.8, 4) is 0 Å². The quantitative estimate of drug-likeness (QED) is 0.652. The summed E-state index contributed by atoms with van der Waals surface area (Å²) in [6.45, 7) is 1.91. The van der Waals surface area contributed by atoms with E-state index in [1.54, 1.807) is 12.1 Å². The molecule has 104 valence electrons. The van der Waals surface area contributed by atoms with Gasteiger partial charge in [0, 0.05) is 3.57 Å². The van der Waals surface area contributed by atoms with Crippen molar-refractivity contribution in [1.29, 1.82) is 0 Å². The van der Waals surface area contributed by atoms with Gasteiger partial charge in [0.15, 0.2) is 0 Å². The highest BCUT2D eigenvalue weighted by Crippen LogP contribution is 2.32. The van der Waals surface area contributed by atoms with Crippen LogP contribution in [-0.4, -0.2) is 5.91 Å². The lowest BCUT2D eigenvalue weighted by Gasteiger charge is -2.11. The molecule has 2 nitrogen and oxygen atoms in total. The summed E-state index contributed by atoms with van der Waals surface area (Å²) in [6.07, 6.45) is 0. The number of rotatable bonds is 2. The Balaban J connectivity index is 2.36. The molecular formula is C14H9Cl2FINO. The van der Waals surface area contributed by atoms with Crippen LogP contribution in [0.2, 0.25) is 10.0 Å². The highest BCUT2D eigenvalue weighted by molar-refractivity contribution is 14.1. The van der Waals surface area contributed by atoms with Crippen LogP contribution in [0.3, 0.4) is 0 Å². The van der Waals surface area contributed by atoms with Crippen molar-refractivity contribution < 1.29 is 9.18 Å². The van der Waals surface area contributed by atoms with Gasteiger partial charge in [0.25, 0.3) is 5.91 Å². The third-order valence-electron chi connectivity index (χ3n) is 2.68. The number of halogens is 4. The Morgan fingerprint density at radius 1 is 1.25 bits per heavy atom. The maximum Gasteiger partial charge on any atom is 0.256 e. The number of anilines is 1. The molecule has 0 fully saturated rings. The Bertz CT molecular complexity index is 668. The Morgan fingerprint density at radius 3 is 2.45 bits per heavy atom. The number of nitrogens with one attached hydrogen (secondary N) is 1. The molecule has 1 amide bonds. The SMILES string of the molecule is Cc1cccc(C(=O)Nc2c(Cl)cc(F)cc2Cl)c1I. The number of carbonyl (C=O) groups excluding carboxylic acids is 1. The van der Waals surface area contributed by atoms with Gasteiger partial charge in [-0.3, -0.25) is 4.79 Å². The van der Waals surface area contributed by atoms with Gasteiger partial charge >= 0.3 is 0 Å². The van der Waals surface area contributed by atoms with Crippen molar-refractivity contribution in [2.75, 3.05) is 5.32 Å². The minimum Gasteiger partial charge on any atom is -0.319 e. The molecule has 0 aliphatic rings. The standard InChI is InChI=1S/C14H9Cl2FINO/c1-7-3-2-4-9(12(7)18)14(20)19-13-10(15)5-8(17)6-11(13)16/h2-6H,1H3,(H,19,20). The second kappa shape index (κ2) is 6.28. The lowest BCUT2D eigenvalue weighted by Crippen LogP contribution is -2.14. The first-order valence-electron chi connectivity index (χ1n) is 5.61. The topological polar surface area (TPSA) is 29.1 Å². The lowest BCUT2D eigenvalue weighted by molar-refractivity contribution is 0.102. The minimum absolute atomic E-state index is 0.0611.